The number of benzene rings is 1. The van der Waals surface area contributed by atoms with Gasteiger partial charge in [0.05, 0.1) is 0 Å². The normalized spacial score (nSPS) is 10.9. The molecule has 0 aliphatic heterocycles. The molecule has 1 aromatic carbocycles. The van der Waals surface area contributed by atoms with Gasteiger partial charge in [0.1, 0.15) is 5.82 Å². The van der Waals surface area contributed by atoms with Gasteiger partial charge in [0.15, 0.2) is 0 Å². The molecule has 24 heavy (non-hydrogen) atoms. The molecule has 0 aliphatic rings. The molecule has 0 saturated heterocycles. The maximum Gasteiger partial charge on any atom is 0.251 e. The van der Waals surface area contributed by atoms with Crippen molar-refractivity contribution in [1.82, 2.24) is 9.97 Å². The molecule has 0 unspecified atom stereocenters. The van der Waals surface area contributed by atoms with Gasteiger partial charge < -0.3 is 10.3 Å². The second-order valence-electron chi connectivity index (χ2n) is 5.15. The standard InChI is InChI=1S/C18H15N3O2S/c1-12-11-17(23)21-18(19-12)13-4-6-14(7-5-13)20-16(22)9-8-15-3-2-10-24-15/h2-11H,1H3,(H,20,22)(H,19,21,23)/b9-8-. The lowest BCUT2D eigenvalue weighted by molar-refractivity contribution is -0.111. The predicted octanol–water partition coefficient (Wildman–Crippen LogP) is 3.46. The molecule has 5 nitrogen and oxygen atoms in total. The number of anilines is 1. The Labute approximate surface area is 142 Å². The van der Waals surface area contributed by atoms with E-state index in [1.165, 1.54) is 12.1 Å². The predicted molar refractivity (Wildman–Crippen MR) is 97.0 cm³/mol. The Balaban J connectivity index is 1.70. The first-order chi connectivity index (χ1) is 11.6. The largest absolute Gasteiger partial charge is 0.323 e. The highest BCUT2D eigenvalue weighted by Crippen LogP contribution is 2.17. The molecule has 2 heterocycles. The van der Waals surface area contributed by atoms with Gasteiger partial charge in [-0.2, -0.15) is 0 Å². The van der Waals surface area contributed by atoms with E-state index in [0.717, 1.165) is 10.4 Å². The van der Waals surface area contributed by atoms with E-state index in [1.807, 2.05) is 17.5 Å². The number of rotatable bonds is 4. The fourth-order valence-electron chi connectivity index (χ4n) is 2.16. The monoisotopic (exact) mass is 337 g/mol. The Morgan fingerprint density at radius 2 is 2.04 bits per heavy atom. The van der Waals surface area contributed by atoms with Crippen LogP contribution in [0.15, 0.2) is 58.7 Å². The smallest absolute Gasteiger partial charge is 0.251 e. The summed E-state index contributed by atoms with van der Waals surface area (Å²) >= 11 is 1.57. The van der Waals surface area contributed by atoms with E-state index in [-0.39, 0.29) is 11.5 Å². The maximum atomic E-state index is 11.9. The van der Waals surface area contributed by atoms with Crippen LogP contribution in [0.2, 0.25) is 0 Å². The molecular formula is C18H15N3O2S. The average molecular weight is 337 g/mol. The topological polar surface area (TPSA) is 74.8 Å². The van der Waals surface area contributed by atoms with Crippen molar-refractivity contribution in [2.75, 3.05) is 5.32 Å². The van der Waals surface area contributed by atoms with Crippen LogP contribution in [0.5, 0.6) is 0 Å². The number of carbonyl (C=O) groups excluding carboxylic acids is 1. The maximum absolute atomic E-state index is 11.9. The first-order valence-electron chi connectivity index (χ1n) is 7.31. The number of hydrogen-bond acceptors (Lipinski definition) is 4. The summed E-state index contributed by atoms with van der Waals surface area (Å²) in [7, 11) is 0. The lowest BCUT2D eigenvalue weighted by Crippen LogP contribution is -2.09. The molecule has 3 aromatic rings. The summed E-state index contributed by atoms with van der Waals surface area (Å²) in [6, 6.07) is 12.5. The van der Waals surface area contributed by atoms with Crippen molar-refractivity contribution < 1.29 is 4.79 Å². The van der Waals surface area contributed by atoms with Crippen molar-refractivity contribution >= 4 is 29.0 Å². The fraction of sp³-hybridized carbons (Fsp3) is 0.0556. The third-order valence-corrected chi connectivity index (χ3v) is 4.08. The van der Waals surface area contributed by atoms with Crippen LogP contribution >= 0.6 is 11.3 Å². The van der Waals surface area contributed by atoms with Crippen LogP contribution in [0.25, 0.3) is 17.5 Å². The SMILES string of the molecule is Cc1cc(=O)[nH]c(-c2ccc(NC(=O)/C=C\c3cccs3)cc2)n1. The Hall–Kier alpha value is -2.99. The number of aromatic nitrogens is 2. The van der Waals surface area contributed by atoms with Crippen molar-refractivity contribution in [2.45, 2.75) is 6.92 Å². The third kappa shape index (κ3) is 4.05. The second kappa shape index (κ2) is 7.06. The van der Waals surface area contributed by atoms with Gasteiger partial charge in [-0.1, -0.05) is 6.07 Å². The molecule has 0 saturated carbocycles. The van der Waals surface area contributed by atoms with Gasteiger partial charge in [0.25, 0.3) is 5.56 Å². The zero-order chi connectivity index (χ0) is 16.9. The summed E-state index contributed by atoms with van der Waals surface area (Å²) in [6.45, 7) is 1.77. The van der Waals surface area contributed by atoms with Crippen molar-refractivity contribution in [3.63, 3.8) is 0 Å². The van der Waals surface area contributed by atoms with Crippen molar-refractivity contribution in [1.29, 1.82) is 0 Å². The number of aryl methyl sites for hydroxylation is 1. The van der Waals surface area contributed by atoms with Crippen LogP contribution in [0.3, 0.4) is 0 Å². The summed E-state index contributed by atoms with van der Waals surface area (Å²) < 4.78 is 0. The number of nitrogens with one attached hydrogen (secondary N) is 2. The first kappa shape index (κ1) is 15.9. The number of hydrogen-bond donors (Lipinski definition) is 2. The lowest BCUT2D eigenvalue weighted by Gasteiger charge is -2.05. The van der Waals surface area contributed by atoms with Gasteiger partial charge in [-0.15, -0.1) is 11.3 Å². The van der Waals surface area contributed by atoms with Gasteiger partial charge in [-0.25, -0.2) is 4.98 Å². The van der Waals surface area contributed by atoms with Crippen LogP contribution < -0.4 is 10.9 Å². The Morgan fingerprint density at radius 1 is 1.25 bits per heavy atom. The van der Waals surface area contributed by atoms with E-state index in [2.05, 4.69) is 15.3 Å². The van der Waals surface area contributed by atoms with E-state index >= 15 is 0 Å². The minimum atomic E-state index is -0.196. The first-order valence-corrected chi connectivity index (χ1v) is 8.19. The minimum Gasteiger partial charge on any atom is -0.323 e. The summed E-state index contributed by atoms with van der Waals surface area (Å²) in [4.78, 5) is 31.4. The Morgan fingerprint density at radius 3 is 2.71 bits per heavy atom. The third-order valence-electron chi connectivity index (χ3n) is 3.24. The van der Waals surface area contributed by atoms with E-state index < -0.39 is 0 Å². The summed E-state index contributed by atoms with van der Waals surface area (Å²) in [6.07, 6.45) is 3.27. The summed E-state index contributed by atoms with van der Waals surface area (Å²) in [5.74, 6) is 0.314. The molecule has 0 aliphatic carbocycles. The molecule has 0 fully saturated rings. The Bertz CT molecular complexity index is 926. The van der Waals surface area contributed by atoms with Crippen molar-refractivity contribution in [2.24, 2.45) is 0 Å². The molecule has 120 valence electrons. The van der Waals surface area contributed by atoms with Gasteiger partial charge in [0, 0.05) is 34.0 Å². The Kier molecular flexibility index (Phi) is 4.67. The van der Waals surface area contributed by atoms with E-state index in [0.29, 0.717) is 17.2 Å². The van der Waals surface area contributed by atoms with Gasteiger partial charge >= 0.3 is 0 Å². The number of carbonyl (C=O) groups is 1. The van der Waals surface area contributed by atoms with Crippen molar-refractivity contribution in [3.05, 3.63) is 74.8 Å². The number of amides is 1. The van der Waals surface area contributed by atoms with E-state index in [9.17, 15) is 9.59 Å². The molecule has 0 atom stereocenters. The van der Waals surface area contributed by atoms with Crippen molar-refractivity contribution in [3.8, 4) is 11.4 Å². The molecule has 2 aromatic heterocycles. The zero-order valence-electron chi connectivity index (χ0n) is 12.9. The van der Waals surface area contributed by atoms with Crippen LogP contribution in [0.1, 0.15) is 10.6 Å². The summed E-state index contributed by atoms with van der Waals surface area (Å²) in [5, 5.41) is 4.75. The zero-order valence-corrected chi connectivity index (χ0v) is 13.8. The van der Waals surface area contributed by atoms with Gasteiger partial charge in [-0.3, -0.25) is 9.59 Å². The van der Waals surface area contributed by atoms with Crippen LogP contribution in [-0.2, 0) is 4.79 Å². The molecule has 0 spiro atoms. The van der Waals surface area contributed by atoms with Gasteiger partial charge in [0.2, 0.25) is 5.91 Å². The molecule has 0 radical (unpaired) electrons. The molecule has 1 amide bonds. The highest BCUT2D eigenvalue weighted by Gasteiger charge is 2.03. The minimum absolute atomic E-state index is 0.186. The fourth-order valence-corrected chi connectivity index (χ4v) is 2.77. The molecular weight excluding hydrogens is 322 g/mol. The van der Waals surface area contributed by atoms with E-state index in [4.69, 9.17) is 0 Å². The van der Waals surface area contributed by atoms with Crippen LogP contribution in [0, 0.1) is 6.92 Å². The number of H-pyrrole nitrogens is 1. The quantitative estimate of drug-likeness (QED) is 0.716. The molecule has 2 N–H and O–H groups in total. The number of nitrogens with zero attached hydrogens (tertiary/aromatic N) is 1. The molecule has 0 bridgehead atoms. The average Bonchev–Trinajstić information content (AvgIpc) is 3.06. The van der Waals surface area contributed by atoms with Gasteiger partial charge in [-0.05, 0) is 48.7 Å². The lowest BCUT2D eigenvalue weighted by atomic mass is 10.2. The highest BCUT2D eigenvalue weighted by molar-refractivity contribution is 7.10. The highest BCUT2D eigenvalue weighted by atomic mass is 32.1. The molecule has 6 heteroatoms. The van der Waals surface area contributed by atoms with Crippen LogP contribution in [0.4, 0.5) is 5.69 Å². The number of thiophene rings is 1. The summed E-state index contributed by atoms with van der Waals surface area (Å²) in [5.41, 5.74) is 1.93. The number of aromatic amines is 1. The van der Waals surface area contributed by atoms with Crippen LogP contribution in [-0.4, -0.2) is 15.9 Å². The second-order valence-corrected chi connectivity index (χ2v) is 6.13. The molecule has 3 rings (SSSR count). The van der Waals surface area contributed by atoms with E-state index in [1.54, 1.807) is 48.6 Å².